The zero-order valence-corrected chi connectivity index (χ0v) is 15.1. The van der Waals surface area contributed by atoms with Gasteiger partial charge in [0.15, 0.2) is 0 Å². The molecule has 3 aromatic rings. The highest BCUT2D eigenvalue weighted by Gasteiger charge is 2.14. The van der Waals surface area contributed by atoms with Gasteiger partial charge in [0.2, 0.25) is 5.91 Å². The van der Waals surface area contributed by atoms with Gasteiger partial charge in [-0.15, -0.1) is 11.3 Å². The van der Waals surface area contributed by atoms with Crippen LogP contribution >= 0.6 is 11.3 Å². The fourth-order valence-electron chi connectivity index (χ4n) is 2.54. The Morgan fingerprint density at radius 2 is 2.04 bits per heavy atom. The molecular formula is C17H19N5O2S. The van der Waals surface area contributed by atoms with Gasteiger partial charge in [0.25, 0.3) is 5.91 Å². The van der Waals surface area contributed by atoms with Gasteiger partial charge in [0, 0.05) is 12.2 Å². The van der Waals surface area contributed by atoms with Gasteiger partial charge in [0.1, 0.15) is 5.69 Å². The minimum Gasteiger partial charge on any atom is -0.342 e. The van der Waals surface area contributed by atoms with Crippen LogP contribution in [0.15, 0.2) is 24.3 Å². The SMILES string of the molecule is CCn1nc(C)cc1C(=O)NCC(=O)Nc1ccc2nc(C)sc2c1. The predicted octanol–water partition coefficient (Wildman–Crippen LogP) is 2.50. The van der Waals surface area contributed by atoms with Crippen molar-refractivity contribution in [3.63, 3.8) is 0 Å². The third kappa shape index (κ3) is 3.85. The molecule has 0 unspecified atom stereocenters. The molecule has 2 aromatic heterocycles. The molecule has 7 nitrogen and oxygen atoms in total. The van der Waals surface area contributed by atoms with Gasteiger partial charge in [-0.1, -0.05) is 0 Å². The zero-order chi connectivity index (χ0) is 18.0. The number of benzene rings is 1. The molecule has 0 aliphatic carbocycles. The van der Waals surface area contributed by atoms with E-state index in [1.807, 2.05) is 32.9 Å². The number of hydrogen-bond donors (Lipinski definition) is 2. The van der Waals surface area contributed by atoms with E-state index in [9.17, 15) is 9.59 Å². The summed E-state index contributed by atoms with van der Waals surface area (Å²) >= 11 is 1.57. The first-order valence-corrected chi connectivity index (χ1v) is 8.77. The summed E-state index contributed by atoms with van der Waals surface area (Å²) in [4.78, 5) is 28.7. The Hall–Kier alpha value is -2.74. The van der Waals surface area contributed by atoms with Crippen molar-refractivity contribution in [2.75, 3.05) is 11.9 Å². The van der Waals surface area contributed by atoms with Crippen molar-refractivity contribution in [2.45, 2.75) is 27.3 Å². The third-order valence-electron chi connectivity index (χ3n) is 3.62. The lowest BCUT2D eigenvalue weighted by Crippen LogP contribution is -2.34. The molecule has 0 aliphatic rings. The molecule has 0 spiro atoms. The van der Waals surface area contributed by atoms with Crippen molar-refractivity contribution in [1.29, 1.82) is 0 Å². The van der Waals surface area contributed by atoms with E-state index in [-0.39, 0.29) is 18.4 Å². The first kappa shape index (κ1) is 17.1. The van der Waals surface area contributed by atoms with Crippen molar-refractivity contribution >= 4 is 39.1 Å². The third-order valence-corrected chi connectivity index (χ3v) is 4.56. The number of hydrogen-bond acceptors (Lipinski definition) is 5. The average Bonchev–Trinajstić information content (AvgIpc) is 3.13. The van der Waals surface area contributed by atoms with Gasteiger partial charge in [0.05, 0.1) is 27.5 Å². The number of amides is 2. The average molecular weight is 357 g/mol. The van der Waals surface area contributed by atoms with Crippen LogP contribution in [-0.2, 0) is 11.3 Å². The molecule has 2 N–H and O–H groups in total. The summed E-state index contributed by atoms with van der Waals surface area (Å²) in [7, 11) is 0. The molecule has 0 saturated carbocycles. The van der Waals surface area contributed by atoms with Crippen LogP contribution in [-0.4, -0.2) is 33.1 Å². The molecule has 2 amide bonds. The maximum atomic E-state index is 12.2. The minimum absolute atomic E-state index is 0.105. The highest BCUT2D eigenvalue weighted by Crippen LogP contribution is 2.24. The second-order valence-electron chi connectivity index (χ2n) is 5.63. The van der Waals surface area contributed by atoms with Crippen molar-refractivity contribution in [3.05, 3.63) is 40.7 Å². The van der Waals surface area contributed by atoms with E-state index < -0.39 is 0 Å². The van der Waals surface area contributed by atoms with Crippen molar-refractivity contribution in [2.24, 2.45) is 0 Å². The Balaban J connectivity index is 1.60. The van der Waals surface area contributed by atoms with Crippen molar-refractivity contribution < 1.29 is 9.59 Å². The number of aromatic nitrogens is 3. The number of carbonyl (C=O) groups is 2. The Morgan fingerprint density at radius 3 is 2.80 bits per heavy atom. The van der Waals surface area contributed by atoms with Gasteiger partial charge in [-0.3, -0.25) is 14.3 Å². The van der Waals surface area contributed by atoms with Crippen LogP contribution in [0.1, 0.15) is 28.1 Å². The lowest BCUT2D eigenvalue weighted by Gasteiger charge is -2.08. The maximum Gasteiger partial charge on any atom is 0.269 e. The fraction of sp³-hybridized carbons (Fsp3) is 0.294. The van der Waals surface area contributed by atoms with Crippen LogP contribution in [0.4, 0.5) is 5.69 Å². The van der Waals surface area contributed by atoms with E-state index >= 15 is 0 Å². The Morgan fingerprint density at radius 1 is 1.24 bits per heavy atom. The van der Waals surface area contributed by atoms with Gasteiger partial charge >= 0.3 is 0 Å². The molecule has 0 atom stereocenters. The molecular weight excluding hydrogens is 338 g/mol. The van der Waals surface area contributed by atoms with Gasteiger partial charge in [-0.25, -0.2) is 4.98 Å². The summed E-state index contributed by atoms with van der Waals surface area (Å²) in [5.41, 5.74) is 2.82. The Kier molecular flexibility index (Phi) is 4.80. The number of carbonyl (C=O) groups excluding carboxylic acids is 2. The summed E-state index contributed by atoms with van der Waals surface area (Å²) in [6, 6.07) is 7.26. The topological polar surface area (TPSA) is 88.9 Å². The van der Waals surface area contributed by atoms with E-state index in [0.29, 0.717) is 17.9 Å². The molecule has 130 valence electrons. The van der Waals surface area contributed by atoms with E-state index in [2.05, 4.69) is 20.7 Å². The molecule has 25 heavy (non-hydrogen) atoms. The molecule has 8 heteroatoms. The lowest BCUT2D eigenvalue weighted by molar-refractivity contribution is -0.115. The number of thiazole rings is 1. The normalized spacial score (nSPS) is 10.8. The molecule has 0 fully saturated rings. The second-order valence-corrected chi connectivity index (χ2v) is 6.87. The number of rotatable bonds is 5. The second kappa shape index (κ2) is 7.02. The van der Waals surface area contributed by atoms with Gasteiger partial charge in [-0.05, 0) is 45.0 Å². The van der Waals surface area contributed by atoms with Crippen LogP contribution < -0.4 is 10.6 Å². The van der Waals surface area contributed by atoms with Crippen LogP contribution in [0.2, 0.25) is 0 Å². The first-order valence-electron chi connectivity index (χ1n) is 7.96. The van der Waals surface area contributed by atoms with Crippen LogP contribution in [0.5, 0.6) is 0 Å². The lowest BCUT2D eigenvalue weighted by atomic mass is 10.3. The molecule has 0 saturated heterocycles. The van der Waals surface area contributed by atoms with Gasteiger partial charge < -0.3 is 10.6 Å². The number of fused-ring (bicyclic) bond motifs is 1. The van der Waals surface area contributed by atoms with E-state index in [1.165, 1.54) is 0 Å². The van der Waals surface area contributed by atoms with E-state index in [1.54, 1.807) is 28.2 Å². The highest BCUT2D eigenvalue weighted by atomic mass is 32.1. The first-order chi connectivity index (χ1) is 12.0. The summed E-state index contributed by atoms with van der Waals surface area (Å²) < 4.78 is 2.63. The molecule has 3 rings (SSSR count). The summed E-state index contributed by atoms with van der Waals surface area (Å²) in [6.45, 7) is 6.17. The van der Waals surface area contributed by atoms with Crippen LogP contribution in [0.25, 0.3) is 10.2 Å². The molecule has 0 aliphatic heterocycles. The maximum absolute atomic E-state index is 12.2. The van der Waals surface area contributed by atoms with Crippen molar-refractivity contribution in [1.82, 2.24) is 20.1 Å². The number of nitrogens with one attached hydrogen (secondary N) is 2. The highest BCUT2D eigenvalue weighted by molar-refractivity contribution is 7.18. The van der Waals surface area contributed by atoms with Gasteiger partial charge in [-0.2, -0.15) is 5.10 Å². The number of anilines is 1. The van der Waals surface area contributed by atoms with Crippen LogP contribution in [0.3, 0.4) is 0 Å². The largest absolute Gasteiger partial charge is 0.342 e. The predicted molar refractivity (Wildman–Crippen MR) is 98.0 cm³/mol. The summed E-state index contributed by atoms with van der Waals surface area (Å²) in [5, 5.41) is 10.6. The fourth-order valence-corrected chi connectivity index (χ4v) is 3.41. The number of aryl methyl sites for hydroxylation is 3. The summed E-state index contributed by atoms with van der Waals surface area (Å²) in [5.74, 6) is -0.598. The molecule has 2 heterocycles. The Bertz CT molecular complexity index is 944. The van der Waals surface area contributed by atoms with E-state index in [0.717, 1.165) is 20.9 Å². The molecule has 1 aromatic carbocycles. The molecule has 0 bridgehead atoms. The van der Waals surface area contributed by atoms with Crippen molar-refractivity contribution in [3.8, 4) is 0 Å². The smallest absolute Gasteiger partial charge is 0.269 e. The van der Waals surface area contributed by atoms with Crippen LogP contribution in [0, 0.1) is 13.8 Å². The monoisotopic (exact) mass is 357 g/mol. The van der Waals surface area contributed by atoms with E-state index in [4.69, 9.17) is 0 Å². The quantitative estimate of drug-likeness (QED) is 0.734. The minimum atomic E-state index is -0.314. The zero-order valence-electron chi connectivity index (χ0n) is 14.3. The standard InChI is InChI=1S/C17H19N5O2S/c1-4-22-14(7-10(2)21-22)17(24)18-9-16(23)20-12-5-6-13-15(8-12)25-11(3)19-13/h5-8H,4,9H2,1-3H3,(H,18,24)(H,20,23). The number of nitrogens with zero attached hydrogens (tertiary/aromatic N) is 3. The Labute approximate surface area is 149 Å². The summed E-state index contributed by atoms with van der Waals surface area (Å²) in [6.07, 6.45) is 0. The molecule has 0 radical (unpaired) electrons.